The molecule has 0 aliphatic heterocycles. The van der Waals surface area contributed by atoms with Gasteiger partial charge in [-0.05, 0) is 54.8 Å². The van der Waals surface area contributed by atoms with Gasteiger partial charge in [0.15, 0.2) is 0 Å². The van der Waals surface area contributed by atoms with E-state index in [0.29, 0.717) is 12.0 Å². The highest BCUT2D eigenvalue weighted by molar-refractivity contribution is 14.1. The molecule has 0 aromatic carbocycles. The second kappa shape index (κ2) is 5.95. The molecule has 0 bridgehead atoms. The summed E-state index contributed by atoms with van der Waals surface area (Å²) < 4.78 is 1.07. The van der Waals surface area contributed by atoms with Gasteiger partial charge < -0.3 is 10.6 Å². The summed E-state index contributed by atoms with van der Waals surface area (Å²) in [5.41, 5.74) is 5.85. The van der Waals surface area contributed by atoms with Crippen molar-refractivity contribution in [3.05, 3.63) is 16.0 Å². The number of anilines is 1. The lowest BCUT2D eigenvalue weighted by Crippen LogP contribution is -2.41. The Balaban J connectivity index is 2.18. The predicted octanol–water partition coefficient (Wildman–Crippen LogP) is 2.03. The summed E-state index contributed by atoms with van der Waals surface area (Å²) in [6.45, 7) is 3.88. The van der Waals surface area contributed by atoms with E-state index in [4.69, 9.17) is 5.73 Å². The third-order valence-corrected chi connectivity index (χ3v) is 4.08. The molecule has 94 valence electrons. The molecule has 1 saturated carbocycles. The lowest BCUT2D eigenvalue weighted by molar-refractivity contribution is 0.456. The molecule has 17 heavy (non-hydrogen) atoms. The Kier molecular flexibility index (Phi) is 4.55. The highest BCUT2D eigenvalue weighted by Crippen LogP contribution is 2.30. The van der Waals surface area contributed by atoms with Crippen LogP contribution < -0.4 is 10.6 Å². The minimum Gasteiger partial charge on any atom is -0.338 e. The van der Waals surface area contributed by atoms with Gasteiger partial charge in [-0.1, -0.05) is 6.42 Å². The summed E-state index contributed by atoms with van der Waals surface area (Å²) >= 11 is 2.23. The molecule has 2 N–H and O–H groups in total. The van der Waals surface area contributed by atoms with Crippen molar-refractivity contribution in [2.75, 3.05) is 18.0 Å². The summed E-state index contributed by atoms with van der Waals surface area (Å²) in [4.78, 5) is 11.2. The van der Waals surface area contributed by atoms with Gasteiger partial charge in [-0.25, -0.2) is 9.97 Å². The first-order chi connectivity index (χ1) is 8.26. The third kappa shape index (κ3) is 2.88. The van der Waals surface area contributed by atoms with Crippen molar-refractivity contribution in [3.63, 3.8) is 0 Å². The van der Waals surface area contributed by atoms with E-state index in [1.807, 2.05) is 12.4 Å². The van der Waals surface area contributed by atoms with Crippen LogP contribution in [-0.2, 0) is 0 Å². The van der Waals surface area contributed by atoms with Gasteiger partial charge >= 0.3 is 0 Å². The van der Waals surface area contributed by atoms with Gasteiger partial charge in [-0.15, -0.1) is 0 Å². The van der Waals surface area contributed by atoms with E-state index >= 15 is 0 Å². The molecule has 1 aliphatic carbocycles. The molecule has 0 spiro atoms. The van der Waals surface area contributed by atoms with Crippen molar-refractivity contribution >= 4 is 28.5 Å². The molecular weight excluding hydrogens is 327 g/mol. The van der Waals surface area contributed by atoms with E-state index in [9.17, 15) is 0 Å². The highest BCUT2D eigenvalue weighted by atomic mass is 127. The number of aromatic nitrogens is 2. The molecule has 2 atom stereocenters. The van der Waals surface area contributed by atoms with Crippen molar-refractivity contribution in [2.24, 2.45) is 11.7 Å². The Morgan fingerprint density at radius 2 is 2.12 bits per heavy atom. The Hall–Kier alpha value is -0.430. The fourth-order valence-corrected chi connectivity index (χ4v) is 2.96. The minimum absolute atomic E-state index is 0.519. The van der Waals surface area contributed by atoms with E-state index in [1.165, 1.54) is 19.3 Å². The molecule has 2 unspecified atom stereocenters. The van der Waals surface area contributed by atoms with Crippen molar-refractivity contribution in [1.29, 1.82) is 0 Å². The molecule has 1 aliphatic rings. The Bertz CT molecular complexity index is 354. The zero-order valence-electron chi connectivity index (χ0n) is 10.1. The van der Waals surface area contributed by atoms with Gasteiger partial charge in [0.05, 0.1) is 0 Å². The Morgan fingerprint density at radius 1 is 1.41 bits per heavy atom. The van der Waals surface area contributed by atoms with Gasteiger partial charge in [0, 0.05) is 28.6 Å². The van der Waals surface area contributed by atoms with E-state index in [1.54, 1.807) is 0 Å². The summed E-state index contributed by atoms with van der Waals surface area (Å²) in [7, 11) is 0. The molecule has 1 heterocycles. The maximum Gasteiger partial charge on any atom is 0.225 e. The third-order valence-electron chi connectivity index (χ3n) is 3.53. The van der Waals surface area contributed by atoms with Crippen LogP contribution in [0.15, 0.2) is 12.4 Å². The average Bonchev–Trinajstić information content (AvgIpc) is 2.81. The first-order valence-electron chi connectivity index (χ1n) is 6.20. The summed E-state index contributed by atoms with van der Waals surface area (Å²) in [6, 6.07) is 0.519. The number of hydrogen-bond donors (Lipinski definition) is 1. The van der Waals surface area contributed by atoms with Crippen LogP contribution in [-0.4, -0.2) is 29.1 Å². The molecule has 0 saturated heterocycles. The number of nitrogens with two attached hydrogens (primary N) is 1. The molecule has 0 amide bonds. The second-order valence-electron chi connectivity index (χ2n) is 4.48. The van der Waals surface area contributed by atoms with Crippen LogP contribution in [0.4, 0.5) is 5.95 Å². The maximum atomic E-state index is 5.85. The quantitative estimate of drug-likeness (QED) is 0.848. The van der Waals surface area contributed by atoms with Crippen LogP contribution in [0.5, 0.6) is 0 Å². The molecule has 5 heteroatoms. The van der Waals surface area contributed by atoms with Gasteiger partial charge in [0.25, 0.3) is 0 Å². The smallest absolute Gasteiger partial charge is 0.225 e. The van der Waals surface area contributed by atoms with E-state index in [0.717, 1.165) is 22.6 Å². The molecular formula is C12H19IN4. The van der Waals surface area contributed by atoms with E-state index in [2.05, 4.69) is 44.4 Å². The van der Waals surface area contributed by atoms with E-state index < -0.39 is 0 Å². The highest BCUT2D eigenvalue weighted by Gasteiger charge is 2.31. The average molecular weight is 346 g/mol. The zero-order valence-corrected chi connectivity index (χ0v) is 12.3. The van der Waals surface area contributed by atoms with Crippen molar-refractivity contribution in [3.8, 4) is 0 Å². The monoisotopic (exact) mass is 346 g/mol. The maximum absolute atomic E-state index is 5.85. The molecule has 1 aromatic rings. The van der Waals surface area contributed by atoms with Crippen LogP contribution in [0.2, 0.25) is 0 Å². The van der Waals surface area contributed by atoms with Crippen LogP contribution in [0.3, 0.4) is 0 Å². The first kappa shape index (κ1) is 13.0. The van der Waals surface area contributed by atoms with Crippen molar-refractivity contribution < 1.29 is 0 Å². The number of nitrogens with zero attached hydrogens (tertiary/aromatic N) is 3. The first-order valence-corrected chi connectivity index (χ1v) is 7.28. The largest absolute Gasteiger partial charge is 0.338 e. The standard InChI is InChI=1S/C12H19IN4/c1-2-17(11-5-3-4-9(11)6-14)12-15-7-10(13)8-16-12/h7-9,11H,2-6,14H2,1H3. The molecule has 4 nitrogen and oxygen atoms in total. The number of rotatable bonds is 4. The van der Waals surface area contributed by atoms with Gasteiger partial charge in [-0.3, -0.25) is 0 Å². The fraction of sp³-hybridized carbons (Fsp3) is 0.667. The Morgan fingerprint density at radius 3 is 2.71 bits per heavy atom. The summed E-state index contributed by atoms with van der Waals surface area (Å²) in [5.74, 6) is 1.44. The number of halogens is 1. The SMILES string of the molecule is CCN(c1ncc(I)cn1)C1CCCC1CN. The fourth-order valence-electron chi connectivity index (χ4n) is 2.68. The van der Waals surface area contributed by atoms with Crippen molar-refractivity contribution in [1.82, 2.24) is 9.97 Å². The topological polar surface area (TPSA) is 55.0 Å². The molecule has 0 radical (unpaired) electrons. The number of hydrogen-bond acceptors (Lipinski definition) is 4. The van der Waals surface area contributed by atoms with Crippen LogP contribution in [0.1, 0.15) is 26.2 Å². The predicted molar refractivity (Wildman–Crippen MR) is 78.0 cm³/mol. The van der Waals surface area contributed by atoms with E-state index in [-0.39, 0.29) is 0 Å². The molecule has 1 fully saturated rings. The Labute approximate surface area is 116 Å². The van der Waals surface area contributed by atoms with Gasteiger partial charge in [0.1, 0.15) is 0 Å². The van der Waals surface area contributed by atoms with Crippen LogP contribution >= 0.6 is 22.6 Å². The van der Waals surface area contributed by atoms with Gasteiger partial charge in [0.2, 0.25) is 5.95 Å². The minimum atomic E-state index is 0.519. The van der Waals surface area contributed by atoms with Crippen molar-refractivity contribution in [2.45, 2.75) is 32.2 Å². The lowest BCUT2D eigenvalue weighted by Gasteiger charge is -2.31. The van der Waals surface area contributed by atoms with Crippen LogP contribution in [0, 0.1) is 9.49 Å². The zero-order chi connectivity index (χ0) is 12.3. The molecule has 2 rings (SSSR count). The summed E-state index contributed by atoms with van der Waals surface area (Å²) in [6.07, 6.45) is 7.47. The summed E-state index contributed by atoms with van der Waals surface area (Å²) in [5, 5.41) is 0. The van der Waals surface area contributed by atoms with Crippen LogP contribution in [0.25, 0.3) is 0 Å². The van der Waals surface area contributed by atoms with Gasteiger partial charge in [-0.2, -0.15) is 0 Å². The normalized spacial score (nSPS) is 23.9. The molecule has 1 aromatic heterocycles. The second-order valence-corrected chi connectivity index (χ2v) is 5.73. The lowest BCUT2D eigenvalue weighted by atomic mass is 10.0.